The molecule has 1 aliphatic rings. The molecule has 20 heavy (non-hydrogen) atoms. The number of aliphatic hydroxyl groups excluding tert-OH is 1. The molecule has 0 radical (unpaired) electrons. The van der Waals surface area contributed by atoms with Crippen LogP contribution >= 0.6 is 11.6 Å². The molecule has 2 rings (SSSR count). The maximum Gasteiger partial charge on any atom is 0.274 e. The van der Waals surface area contributed by atoms with Crippen LogP contribution in [0.5, 0.6) is 0 Å². The second-order valence-electron chi connectivity index (χ2n) is 5.09. The summed E-state index contributed by atoms with van der Waals surface area (Å²) in [7, 11) is 0. The van der Waals surface area contributed by atoms with Crippen molar-refractivity contribution in [2.45, 2.75) is 38.4 Å². The Kier molecular flexibility index (Phi) is 4.27. The number of carbonyl (C=O) groups excluding carboxylic acids is 1. The highest BCUT2D eigenvalue weighted by atomic mass is 35.5. The number of aliphatic hydroxyl groups is 2. The van der Waals surface area contributed by atoms with Crippen LogP contribution in [0.2, 0.25) is 5.02 Å². The zero-order chi connectivity index (χ0) is 14.9. The van der Waals surface area contributed by atoms with E-state index >= 15 is 0 Å². The number of piperidine rings is 1. The summed E-state index contributed by atoms with van der Waals surface area (Å²) in [6.07, 6.45) is 1.20. The lowest BCUT2D eigenvalue weighted by Gasteiger charge is -2.41. The monoisotopic (exact) mass is 299 g/mol. The lowest BCUT2D eigenvalue weighted by atomic mass is 9.86. The Hall–Kier alpha value is -1.24. The molecule has 1 aliphatic heterocycles. The van der Waals surface area contributed by atoms with E-state index in [4.69, 9.17) is 11.6 Å². The number of hydrogen-bond acceptors (Lipinski definition) is 5. The van der Waals surface area contributed by atoms with Crippen LogP contribution in [0.1, 0.15) is 36.1 Å². The summed E-state index contributed by atoms with van der Waals surface area (Å²) in [4.78, 5) is 21.8. The molecule has 1 amide bonds. The van der Waals surface area contributed by atoms with Gasteiger partial charge in [-0.05, 0) is 19.8 Å². The van der Waals surface area contributed by atoms with Crippen molar-refractivity contribution < 1.29 is 15.0 Å². The maximum atomic E-state index is 12.4. The molecule has 2 heterocycles. The van der Waals surface area contributed by atoms with Crippen LogP contribution < -0.4 is 0 Å². The largest absolute Gasteiger partial charge is 0.388 e. The van der Waals surface area contributed by atoms with Crippen molar-refractivity contribution in [2.75, 3.05) is 13.1 Å². The molecule has 0 spiro atoms. The molecule has 0 bridgehead atoms. The van der Waals surface area contributed by atoms with Gasteiger partial charge in [0, 0.05) is 13.1 Å². The van der Waals surface area contributed by atoms with Crippen LogP contribution in [0.25, 0.3) is 0 Å². The molecule has 2 atom stereocenters. The van der Waals surface area contributed by atoms with E-state index in [1.54, 1.807) is 6.92 Å². The lowest BCUT2D eigenvalue weighted by Crippen LogP contribution is -2.56. The third-order valence-corrected chi connectivity index (χ3v) is 4.07. The molecular formula is C13H18ClN3O3. The minimum absolute atomic E-state index is 0.0720. The third-order valence-electron chi connectivity index (χ3n) is 3.79. The van der Waals surface area contributed by atoms with Crippen LogP contribution in [-0.2, 0) is 0 Å². The Labute approximate surface area is 122 Å². The average Bonchev–Trinajstić information content (AvgIpc) is 2.44. The fraction of sp³-hybridized carbons (Fsp3) is 0.615. The fourth-order valence-corrected chi connectivity index (χ4v) is 2.49. The lowest BCUT2D eigenvalue weighted by molar-refractivity contribution is -0.114. The summed E-state index contributed by atoms with van der Waals surface area (Å²) in [6, 6.07) is 0. The van der Waals surface area contributed by atoms with Gasteiger partial charge in [-0.2, -0.15) is 0 Å². The van der Waals surface area contributed by atoms with Crippen molar-refractivity contribution in [3.8, 4) is 0 Å². The van der Waals surface area contributed by atoms with Crippen molar-refractivity contribution in [1.82, 2.24) is 14.9 Å². The van der Waals surface area contributed by atoms with E-state index in [9.17, 15) is 15.0 Å². The van der Waals surface area contributed by atoms with Gasteiger partial charge in [-0.1, -0.05) is 18.5 Å². The van der Waals surface area contributed by atoms with Gasteiger partial charge in [-0.25, -0.2) is 9.97 Å². The third kappa shape index (κ3) is 2.77. The topological polar surface area (TPSA) is 86.5 Å². The van der Waals surface area contributed by atoms with Crippen molar-refractivity contribution >= 4 is 17.5 Å². The molecule has 1 saturated heterocycles. The Morgan fingerprint density at radius 1 is 1.65 bits per heavy atom. The Balaban J connectivity index is 2.17. The molecule has 0 unspecified atom stereocenters. The Morgan fingerprint density at radius 3 is 2.95 bits per heavy atom. The zero-order valence-electron chi connectivity index (χ0n) is 11.5. The quantitative estimate of drug-likeness (QED) is 0.843. The number of halogens is 1. The second-order valence-corrected chi connectivity index (χ2v) is 5.50. The molecular weight excluding hydrogens is 282 g/mol. The number of rotatable bonds is 2. The molecule has 0 saturated carbocycles. The predicted molar refractivity (Wildman–Crippen MR) is 73.5 cm³/mol. The molecule has 110 valence electrons. The minimum Gasteiger partial charge on any atom is -0.388 e. The number of aromatic nitrogens is 2. The SMILES string of the molecule is CC[C@@]1(O)CCN(C(=O)c2nc(C)ncc2Cl)C[C@H]1O. The van der Waals surface area contributed by atoms with Crippen molar-refractivity contribution in [2.24, 2.45) is 0 Å². The second kappa shape index (κ2) is 5.63. The fourth-order valence-electron chi connectivity index (χ4n) is 2.32. The standard InChI is InChI=1S/C13H18ClN3O3/c1-3-13(20)4-5-17(7-10(13)18)12(19)11-9(14)6-15-8(2)16-11/h6,10,18,20H,3-5,7H2,1-2H3/t10-,13-/m1/s1. The molecule has 2 N–H and O–H groups in total. The van der Waals surface area contributed by atoms with Crippen LogP contribution in [0.15, 0.2) is 6.20 Å². The first-order valence-electron chi connectivity index (χ1n) is 6.56. The number of likely N-dealkylation sites (tertiary alicyclic amines) is 1. The highest BCUT2D eigenvalue weighted by Gasteiger charge is 2.40. The van der Waals surface area contributed by atoms with Gasteiger partial charge in [0.15, 0.2) is 5.69 Å². The maximum absolute atomic E-state index is 12.4. The highest BCUT2D eigenvalue weighted by molar-refractivity contribution is 6.33. The van der Waals surface area contributed by atoms with Gasteiger partial charge in [-0.15, -0.1) is 0 Å². The number of nitrogens with zero attached hydrogens (tertiary/aromatic N) is 3. The Bertz CT molecular complexity index is 526. The van der Waals surface area contributed by atoms with E-state index in [2.05, 4.69) is 9.97 Å². The molecule has 0 aromatic carbocycles. The summed E-state index contributed by atoms with van der Waals surface area (Å²) < 4.78 is 0. The first-order chi connectivity index (χ1) is 9.37. The normalized spacial score (nSPS) is 26.6. The van der Waals surface area contributed by atoms with Crippen molar-refractivity contribution in [3.05, 3.63) is 22.7 Å². The van der Waals surface area contributed by atoms with Gasteiger partial charge in [-0.3, -0.25) is 4.79 Å². The van der Waals surface area contributed by atoms with E-state index in [0.29, 0.717) is 25.2 Å². The number of β-amino-alcohol motifs (C(OH)–C–C–N with tert-alkyl or cyclic N) is 1. The predicted octanol–water partition coefficient (Wildman–Crippen LogP) is 0.786. The van der Waals surface area contributed by atoms with E-state index in [1.165, 1.54) is 11.1 Å². The van der Waals surface area contributed by atoms with Crippen molar-refractivity contribution in [1.29, 1.82) is 0 Å². The van der Waals surface area contributed by atoms with Crippen molar-refractivity contribution in [3.63, 3.8) is 0 Å². The summed E-state index contributed by atoms with van der Waals surface area (Å²) >= 11 is 5.95. The number of carbonyl (C=O) groups is 1. The van der Waals surface area contributed by atoms with E-state index in [1.807, 2.05) is 6.92 Å². The molecule has 1 aromatic rings. The number of amides is 1. The number of aryl methyl sites for hydroxylation is 1. The van der Waals surface area contributed by atoms with Crippen LogP contribution in [0.3, 0.4) is 0 Å². The van der Waals surface area contributed by atoms with Gasteiger partial charge in [0.05, 0.1) is 16.8 Å². The smallest absolute Gasteiger partial charge is 0.274 e. The zero-order valence-corrected chi connectivity index (χ0v) is 12.3. The molecule has 7 heteroatoms. The average molecular weight is 300 g/mol. The highest BCUT2D eigenvalue weighted by Crippen LogP contribution is 2.27. The van der Waals surface area contributed by atoms with Crippen LogP contribution in [0.4, 0.5) is 0 Å². The number of hydrogen-bond donors (Lipinski definition) is 2. The summed E-state index contributed by atoms with van der Waals surface area (Å²) in [5.41, 5.74) is -0.990. The van der Waals surface area contributed by atoms with Gasteiger partial charge < -0.3 is 15.1 Å². The first kappa shape index (κ1) is 15.2. The Morgan fingerprint density at radius 2 is 2.35 bits per heavy atom. The van der Waals surface area contributed by atoms with Gasteiger partial charge in [0.2, 0.25) is 0 Å². The van der Waals surface area contributed by atoms with E-state index in [-0.39, 0.29) is 23.2 Å². The molecule has 6 nitrogen and oxygen atoms in total. The van der Waals surface area contributed by atoms with Gasteiger partial charge in [0.1, 0.15) is 11.9 Å². The molecule has 0 aliphatic carbocycles. The van der Waals surface area contributed by atoms with Crippen LogP contribution in [0, 0.1) is 6.92 Å². The van der Waals surface area contributed by atoms with Crippen LogP contribution in [-0.4, -0.2) is 55.8 Å². The summed E-state index contributed by atoms with van der Waals surface area (Å²) in [5, 5.41) is 20.4. The summed E-state index contributed by atoms with van der Waals surface area (Å²) in [6.45, 7) is 3.92. The summed E-state index contributed by atoms with van der Waals surface area (Å²) in [5.74, 6) is 0.109. The minimum atomic E-state index is -1.12. The van der Waals surface area contributed by atoms with E-state index in [0.717, 1.165) is 0 Å². The molecule has 1 aromatic heterocycles. The molecule has 1 fully saturated rings. The first-order valence-corrected chi connectivity index (χ1v) is 6.94. The van der Waals surface area contributed by atoms with E-state index < -0.39 is 11.7 Å². The van der Waals surface area contributed by atoms with Gasteiger partial charge >= 0.3 is 0 Å². The van der Waals surface area contributed by atoms with Gasteiger partial charge in [0.25, 0.3) is 5.91 Å².